The highest BCUT2D eigenvalue weighted by Crippen LogP contribution is 2.24. The number of halogens is 1. The molecule has 1 heterocycles. The number of anilines is 2. The third-order valence-corrected chi connectivity index (χ3v) is 5.99. The van der Waals surface area contributed by atoms with E-state index in [-0.39, 0.29) is 16.5 Å². The maximum atomic E-state index is 12.6. The minimum absolute atomic E-state index is 0.0556. The summed E-state index contributed by atoms with van der Waals surface area (Å²) in [5.74, 6) is 0.570. The van der Waals surface area contributed by atoms with Gasteiger partial charge in [-0.05, 0) is 48.9 Å². The summed E-state index contributed by atoms with van der Waals surface area (Å²) in [4.78, 5) is 16.9. The molecule has 0 radical (unpaired) electrons. The molecule has 33 heavy (non-hydrogen) atoms. The van der Waals surface area contributed by atoms with Crippen LogP contribution in [0, 0.1) is 6.92 Å². The normalized spacial score (nSPS) is 11.2. The van der Waals surface area contributed by atoms with Gasteiger partial charge in [0.25, 0.3) is 5.95 Å². The molecule has 0 atom stereocenters. The van der Waals surface area contributed by atoms with Gasteiger partial charge in [-0.25, -0.2) is 23.0 Å². The number of amides is 2. The summed E-state index contributed by atoms with van der Waals surface area (Å²) >= 11 is 6.00. The first-order chi connectivity index (χ1) is 15.7. The molecular formula is C22H19ClN6O3S. The van der Waals surface area contributed by atoms with Crippen molar-refractivity contribution in [2.75, 3.05) is 10.6 Å². The van der Waals surface area contributed by atoms with Crippen molar-refractivity contribution in [3.63, 3.8) is 0 Å². The average molecular weight is 483 g/mol. The lowest BCUT2D eigenvalue weighted by molar-refractivity contribution is 0.262. The van der Waals surface area contributed by atoms with E-state index in [1.807, 2.05) is 30.3 Å². The summed E-state index contributed by atoms with van der Waals surface area (Å²) in [5, 5.41) is 15.4. The lowest BCUT2D eigenvalue weighted by atomic mass is 10.2. The number of carbonyl (C=O) groups is 1. The molecule has 4 N–H and O–H groups in total. The summed E-state index contributed by atoms with van der Waals surface area (Å²) < 4.78 is 25.1. The number of carbonyl (C=O) groups excluding carboxylic acids is 1. The quantitative estimate of drug-likeness (QED) is 0.392. The minimum Gasteiger partial charge on any atom is -0.308 e. The second kappa shape index (κ2) is 9.02. The maximum absolute atomic E-state index is 12.6. The Morgan fingerprint density at radius 3 is 2.36 bits per heavy atom. The third-order valence-electron chi connectivity index (χ3n) is 4.69. The number of hydrogen-bond acceptors (Lipinski definition) is 5. The van der Waals surface area contributed by atoms with Crippen LogP contribution in [-0.4, -0.2) is 29.2 Å². The minimum atomic E-state index is -3.93. The molecule has 0 saturated heterocycles. The molecule has 11 heteroatoms. The van der Waals surface area contributed by atoms with Crippen LogP contribution in [0.2, 0.25) is 5.02 Å². The molecule has 0 saturated carbocycles. The molecule has 1 aromatic heterocycles. The highest BCUT2D eigenvalue weighted by Gasteiger charge is 2.17. The van der Waals surface area contributed by atoms with E-state index in [1.54, 1.807) is 48.0 Å². The highest BCUT2D eigenvalue weighted by molar-refractivity contribution is 7.89. The lowest BCUT2D eigenvalue weighted by Gasteiger charge is -2.08. The van der Waals surface area contributed by atoms with Crippen molar-refractivity contribution >= 4 is 39.3 Å². The lowest BCUT2D eigenvalue weighted by Crippen LogP contribution is -2.21. The fourth-order valence-corrected chi connectivity index (χ4v) is 4.08. The number of aromatic nitrogens is 3. The highest BCUT2D eigenvalue weighted by atomic mass is 35.5. The SMILES string of the molecule is Cc1ccc(NC(=O)Nc2nc(-c3ccccc3)n(-c3ccc(Cl)cc3)n2)cc1S(N)(=O)=O. The van der Waals surface area contributed by atoms with Crippen LogP contribution in [0.5, 0.6) is 0 Å². The summed E-state index contributed by atoms with van der Waals surface area (Å²) in [5.41, 5.74) is 2.22. The largest absolute Gasteiger partial charge is 0.326 e. The van der Waals surface area contributed by atoms with E-state index in [0.29, 0.717) is 22.1 Å². The number of benzene rings is 3. The maximum Gasteiger partial charge on any atom is 0.326 e. The smallest absolute Gasteiger partial charge is 0.308 e. The van der Waals surface area contributed by atoms with Crippen molar-refractivity contribution in [1.29, 1.82) is 0 Å². The summed E-state index contributed by atoms with van der Waals surface area (Å²) in [6, 6.07) is 20.2. The predicted octanol–water partition coefficient (Wildman–Crippen LogP) is 4.19. The van der Waals surface area contributed by atoms with Crippen LogP contribution < -0.4 is 15.8 Å². The van der Waals surface area contributed by atoms with Crippen LogP contribution in [-0.2, 0) is 10.0 Å². The van der Waals surface area contributed by atoms with E-state index in [1.165, 1.54) is 6.07 Å². The second-order valence-corrected chi connectivity index (χ2v) is 9.08. The van der Waals surface area contributed by atoms with Crippen LogP contribution in [0.1, 0.15) is 5.56 Å². The molecule has 0 bridgehead atoms. The van der Waals surface area contributed by atoms with Crippen molar-refractivity contribution < 1.29 is 13.2 Å². The number of nitrogens with two attached hydrogens (primary N) is 1. The zero-order chi connectivity index (χ0) is 23.6. The van der Waals surface area contributed by atoms with Gasteiger partial charge in [-0.3, -0.25) is 5.32 Å². The van der Waals surface area contributed by atoms with E-state index in [4.69, 9.17) is 16.7 Å². The van der Waals surface area contributed by atoms with Gasteiger partial charge in [0.1, 0.15) is 0 Å². The second-order valence-electron chi connectivity index (χ2n) is 7.12. The first kappa shape index (κ1) is 22.5. The molecule has 0 aliphatic heterocycles. The van der Waals surface area contributed by atoms with Gasteiger partial charge < -0.3 is 5.32 Å². The molecule has 0 unspecified atom stereocenters. The molecule has 0 fully saturated rings. The van der Waals surface area contributed by atoms with E-state index in [0.717, 1.165) is 5.56 Å². The fraction of sp³-hybridized carbons (Fsp3) is 0.0455. The van der Waals surface area contributed by atoms with E-state index in [9.17, 15) is 13.2 Å². The number of rotatable bonds is 5. The number of urea groups is 1. The Balaban J connectivity index is 1.62. The molecule has 168 valence electrons. The van der Waals surface area contributed by atoms with E-state index >= 15 is 0 Å². The average Bonchev–Trinajstić information content (AvgIpc) is 3.19. The van der Waals surface area contributed by atoms with Gasteiger partial charge in [0, 0.05) is 16.3 Å². The van der Waals surface area contributed by atoms with Gasteiger partial charge in [0.15, 0.2) is 5.82 Å². The van der Waals surface area contributed by atoms with Crippen molar-refractivity contribution in [3.05, 3.63) is 83.4 Å². The van der Waals surface area contributed by atoms with Gasteiger partial charge in [-0.2, -0.15) is 4.98 Å². The Labute approximate surface area is 195 Å². The number of sulfonamides is 1. The molecular weight excluding hydrogens is 464 g/mol. The summed E-state index contributed by atoms with van der Waals surface area (Å²) in [6.07, 6.45) is 0. The Bertz CT molecular complexity index is 1420. The van der Waals surface area contributed by atoms with Crippen LogP contribution in [0.15, 0.2) is 77.7 Å². The van der Waals surface area contributed by atoms with Gasteiger partial charge in [-0.1, -0.05) is 48.0 Å². The molecule has 0 aliphatic carbocycles. The van der Waals surface area contributed by atoms with Crippen molar-refractivity contribution in [1.82, 2.24) is 14.8 Å². The summed E-state index contributed by atoms with van der Waals surface area (Å²) in [6.45, 7) is 1.61. The Morgan fingerprint density at radius 1 is 1.00 bits per heavy atom. The van der Waals surface area contributed by atoms with Crippen LogP contribution in [0.25, 0.3) is 17.1 Å². The van der Waals surface area contributed by atoms with Crippen molar-refractivity contribution in [2.24, 2.45) is 5.14 Å². The number of hydrogen-bond donors (Lipinski definition) is 3. The molecule has 4 rings (SSSR count). The third kappa shape index (κ3) is 5.20. The monoisotopic (exact) mass is 482 g/mol. The molecule has 3 aromatic carbocycles. The van der Waals surface area contributed by atoms with Gasteiger partial charge >= 0.3 is 6.03 Å². The first-order valence-electron chi connectivity index (χ1n) is 9.70. The van der Waals surface area contributed by atoms with Gasteiger partial charge in [0.05, 0.1) is 10.6 Å². The van der Waals surface area contributed by atoms with Gasteiger partial charge in [-0.15, -0.1) is 5.10 Å². The zero-order valence-corrected chi connectivity index (χ0v) is 18.9. The number of nitrogens with zero attached hydrogens (tertiary/aromatic N) is 3. The van der Waals surface area contributed by atoms with Crippen LogP contribution >= 0.6 is 11.6 Å². The van der Waals surface area contributed by atoms with Gasteiger partial charge in [0.2, 0.25) is 10.0 Å². The van der Waals surface area contributed by atoms with Crippen molar-refractivity contribution in [2.45, 2.75) is 11.8 Å². The van der Waals surface area contributed by atoms with Crippen LogP contribution in [0.3, 0.4) is 0 Å². The molecule has 9 nitrogen and oxygen atoms in total. The van der Waals surface area contributed by atoms with Crippen LogP contribution in [0.4, 0.5) is 16.4 Å². The predicted molar refractivity (Wildman–Crippen MR) is 127 cm³/mol. The fourth-order valence-electron chi connectivity index (χ4n) is 3.15. The van der Waals surface area contributed by atoms with E-state index in [2.05, 4.69) is 20.7 Å². The Hall–Kier alpha value is -3.73. The Morgan fingerprint density at radius 2 is 1.70 bits per heavy atom. The first-order valence-corrected chi connectivity index (χ1v) is 11.6. The Kier molecular flexibility index (Phi) is 6.14. The number of nitrogens with one attached hydrogen (secondary N) is 2. The van der Waals surface area contributed by atoms with E-state index < -0.39 is 16.1 Å². The molecule has 4 aromatic rings. The summed E-state index contributed by atoms with van der Waals surface area (Å²) in [7, 11) is -3.93. The topological polar surface area (TPSA) is 132 Å². The standard InChI is InChI=1S/C22H19ClN6O3S/c1-14-7-10-17(13-19(14)33(24,31)32)25-22(30)27-21-26-20(15-5-3-2-4-6-15)29(28-21)18-11-8-16(23)9-12-18/h2-13H,1H3,(H2,24,31,32)(H2,25,27,28,30). The number of aryl methyl sites for hydroxylation is 1. The molecule has 0 aliphatic rings. The number of primary sulfonamides is 1. The van der Waals surface area contributed by atoms with Crippen molar-refractivity contribution in [3.8, 4) is 17.1 Å². The molecule has 0 spiro atoms. The zero-order valence-electron chi connectivity index (χ0n) is 17.4. The molecule has 2 amide bonds.